The van der Waals surface area contributed by atoms with E-state index in [0.29, 0.717) is 35.5 Å². The van der Waals surface area contributed by atoms with E-state index in [1.54, 1.807) is 30.3 Å². The second-order valence-corrected chi connectivity index (χ2v) is 13.3. The number of benzene rings is 2. The first-order valence-electron chi connectivity index (χ1n) is 13.6. The molecular formula is C30H34Cl2FN3O4. The Bertz CT molecular complexity index is 1360. The third-order valence-electron chi connectivity index (χ3n) is 8.43. The highest BCUT2D eigenvalue weighted by Crippen LogP contribution is 2.57. The predicted molar refractivity (Wildman–Crippen MR) is 152 cm³/mol. The van der Waals surface area contributed by atoms with Gasteiger partial charge in [-0.2, -0.15) is 0 Å². The third kappa shape index (κ3) is 5.04. The molecule has 5 rings (SSSR count). The number of amides is 1. The molecule has 214 valence electrons. The van der Waals surface area contributed by atoms with Crippen LogP contribution in [0.2, 0.25) is 10.0 Å². The van der Waals surface area contributed by atoms with Gasteiger partial charge in [0, 0.05) is 29.1 Å². The van der Waals surface area contributed by atoms with Crippen molar-refractivity contribution in [2.75, 3.05) is 11.9 Å². The van der Waals surface area contributed by atoms with Crippen LogP contribution in [0, 0.1) is 17.2 Å². The lowest BCUT2D eigenvalue weighted by atomic mass is 9.62. The van der Waals surface area contributed by atoms with Gasteiger partial charge in [0.1, 0.15) is 17.3 Å². The molecule has 1 spiro atoms. The normalized spacial score (nSPS) is 29.2. The number of esters is 1. The zero-order valence-corrected chi connectivity index (χ0v) is 24.2. The first kappa shape index (κ1) is 29.0. The molecule has 1 amide bonds. The largest absolute Gasteiger partial charge is 0.461 e. The number of hydrogen-bond acceptors (Lipinski definition) is 6. The molecule has 10 heteroatoms. The molecule has 4 N–H and O–H groups in total. The van der Waals surface area contributed by atoms with Gasteiger partial charge in [-0.1, -0.05) is 62.2 Å². The van der Waals surface area contributed by atoms with E-state index >= 15 is 4.39 Å². The maximum Gasteiger partial charge on any atom is 0.319 e. The molecule has 2 aromatic carbocycles. The second kappa shape index (κ2) is 10.7. The van der Waals surface area contributed by atoms with Crippen molar-refractivity contribution in [2.45, 2.75) is 76.0 Å². The average Bonchev–Trinajstić information content (AvgIpc) is 3.33. The smallest absolute Gasteiger partial charge is 0.319 e. The lowest BCUT2D eigenvalue weighted by Gasteiger charge is -2.38. The van der Waals surface area contributed by atoms with Crippen molar-refractivity contribution in [3.05, 3.63) is 63.4 Å². The molecule has 2 aromatic rings. The van der Waals surface area contributed by atoms with Gasteiger partial charge >= 0.3 is 5.97 Å². The Morgan fingerprint density at radius 2 is 1.90 bits per heavy atom. The van der Waals surface area contributed by atoms with Gasteiger partial charge in [0.25, 0.3) is 0 Å². The highest BCUT2D eigenvalue weighted by molar-refractivity contribution is 6.31. The van der Waals surface area contributed by atoms with E-state index in [2.05, 4.69) is 31.4 Å². The minimum atomic E-state index is -1.28. The summed E-state index contributed by atoms with van der Waals surface area (Å²) >= 11 is 12.5. The van der Waals surface area contributed by atoms with Gasteiger partial charge in [-0.3, -0.25) is 14.4 Å². The Morgan fingerprint density at radius 1 is 1.18 bits per heavy atom. The Hall–Kier alpha value is -2.52. The lowest BCUT2D eigenvalue weighted by Crippen LogP contribution is -2.49. The highest BCUT2D eigenvalue weighted by Gasteiger charge is 2.66. The number of halogens is 3. The summed E-state index contributed by atoms with van der Waals surface area (Å²) in [5.74, 6) is -2.39. The topological polar surface area (TPSA) is 111 Å². The summed E-state index contributed by atoms with van der Waals surface area (Å²) in [6.07, 6.45) is 1.60. The molecule has 4 atom stereocenters. The quantitative estimate of drug-likeness (QED) is 0.386. The number of Topliss-reactive ketones (excluding diaryl/α,β-unsaturated/α-hetero) is 1. The van der Waals surface area contributed by atoms with Gasteiger partial charge in [0.15, 0.2) is 5.78 Å². The van der Waals surface area contributed by atoms with Crippen LogP contribution in [0.15, 0.2) is 36.4 Å². The number of ether oxygens (including phenoxy) is 1. The minimum absolute atomic E-state index is 0.0100. The first-order valence-corrected chi connectivity index (χ1v) is 14.3. The SMILES string of the molecule is CC(C)(C)C[C@H]1N[C@@H](C(=O)CC2CC(OC(=O)CN)C2)[C@H](c2cccc(Cl)c2F)[C@@]12C(=O)Nc1cc(Cl)ccc12. The van der Waals surface area contributed by atoms with Crippen LogP contribution < -0.4 is 16.4 Å². The molecule has 1 aliphatic carbocycles. The van der Waals surface area contributed by atoms with Gasteiger partial charge in [0.05, 0.1) is 17.6 Å². The van der Waals surface area contributed by atoms with Crippen LogP contribution in [-0.2, 0) is 24.5 Å². The third-order valence-corrected chi connectivity index (χ3v) is 8.96. The number of hydrogen-bond donors (Lipinski definition) is 3. The molecule has 0 unspecified atom stereocenters. The number of nitrogens with one attached hydrogen (secondary N) is 2. The fourth-order valence-corrected chi connectivity index (χ4v) is 7.14. The van der Waals surface area contributed by atoms with Crippen LogP contribution in [-0.4, -0.2) is 42.4 Å². The number of carbonyl (C=O) groups is 3. The van der Waals surface area contributed by atoms with Crippen LogP contribution in [0.25, 0.3) is 0 Å². The summed E-state index contributed by atoms with van der Waals surface area (Å²) in [6.45, 7) is 6.02. The van der Waals surface area contributed by atoms with Gasteiger partial charge < -0.3 is 21.1 Å². The standard InChI is InChI=1S/C30H34Cl2FN3O4/c1-29(2,3)13-23-30(19-8-7-16(31)12-21(19)35-28(30)39)25(18-5-4-6-20(32)26(18)33)27(36-23)22(37)11-15-9-17(10-15)40-24(38)14-34/h4-8,12,15,17,23,25,27,36H,9-11,13-14,34H2,1-3H3,(H,35,39)/t15?,17?,23-,25+,27+,30+/m1/s1. The molecule has 2 heterocycles. The zero-order chi connectivity index (χ0) is 29.0. The van der Waals surface area contributed by atoms with E-state index in [1.165, 1.54) is 6.07 Å². The lowest BCUT2D eigenvalue weighted by molar-refractivity contribution is -0.154. The molecule has 1 saturated heterocycles. The fourth-order valence-electron chi connectivity index (χ4n) is 6.79. The fraction of sp³-hybridized carbons (Fsp3) is 0.500. The van der Waals surface area contributed by atoms with Gasteiger partial charge in [-0.05, 0) is 59.9 Å². The highest BCUT2D eigenvalue weighted by atomic mass is 35.5. The number of anilines is 1. The average molecular weight is 591 g/mol. The van der Waals surface area contributed by atoms with E-state index in [9.17, 15) is 14.4 Å². The molecule has 2 aliphatic heterocycles. The van der Waals surface area contributed by atoms with E-state index in [1.807, 2.05) is 0 Å². The van der Waals surface area contributed by atoms with E-state index in [-0.39, 0.29) is 52.7 Å². The van der Waals surface area contributed by atoms with E-state index in [4.69, 9.17) is 33.7 Å². The summed E-state index contributed by atoms with van der Waals surface area (Å²) < 4.78 is 21.1. The van der Waals surface area contributed by atoms with Crippen molar-refractivity contribution in [3.63, 3.8) is 0 Å². The minimum Gasteiger partial charge on any atom is -0.461 e. The summed E-state index contributed by atoms with van der Waals surface area (Å²) in [7, 11) is 0. The van der Waals surface area contributed by atoms with Crippen molar-refractivity contribution < 1.29 is 23.5 Å². The Labute approximate surface area is 243 Å². The van der Waals surface area contributed by atoms with Crippen molar-refractivity contribution >= 4 is 46.5 Å². The van der Waals surface area contributed by atoms with Gasteiger partial charge in [-0.15, -0.1) is 0 Å². The van der Waals surface area contributed by atoms with Crippen molar-refractivity contribution in [2.24, 2.45) is 17.1 Å². The van der Waals surface area contributed by atoms with E-state index < -0.39 is 35.2 Å². The Kier molecular flexibility index (Phi) is 7.76. The number of carbonyl (C=O) groups excluding carboxylic acids is 3. The summed E-state index contributed by atoms with van der Waals surface area (Å²) in [5.41, 5.74) is 5.30. The second-order valence-electron chi connectivity index (χ2n) is 12.4. The molecule has 1 saturated carbocycles. The molecule has 2 fully saturated rings. The van der Waals surface area contributed by atoms with Crippen molar-refractivity contribution in [1.29, 1.82) is 0 Å². The summed E-state index contributed by atoms with van der Waals surface area (Å²) in [6, 6.07) is 8.59. The number of nitrogens with two attached hydrogens (primary N) is 1. The zero-order valence-electron chi connectivity index (χ0n) is 22.7. The van der Waals surface area contributed by atoms with Crippen molar-refractivity contribution in [1.82, 2.24) is 5.32 Å². The van der Waals surface area contributed by atoms with Crippen LogP contribution in [0.1, 0.15) is 63.5 Å². The molecule has 0 aromatic heterocycles. The van der Waals surface area contributed by atoms with Crippen LogP contribution in [0.4, 0.5) is 10.1 Å². The van der Waals surface area contributed by atoms with Gasteiger partial charge in [0.2, 0.25) is 5.91 Å². The predicted octanol–water partition coefficient (Wildman–Crippen LogP) is 5.12. The maximum absolute atomic E-state index is 15.8. The maximum atomic E-state index is 15.8. The van der Waals surface area contributed by atoms with E-state index in [0.717, 1.165) is 0 Å². The molecule has 0 bridgehead atoms. The number of rotatable bonds is 7. The van der Waals surface area contributed by atoms with Gasteiger partial charge in [-0.25, -0.2) is 4.39 Å². The molecule has 0 radical (unpaired) electrons. The number of ketones is 1. The summed E-state index contributed by atoms with van der Waals surface area (Å²) in [4.78, 5) is 39.7. The Morgan fingerprint density at radius 3 is 2.58 bits per heavy atom. The molecule has 7 nitrogen and oxygen atoms in total. The summed E-state index contributed by atoms with van der Waals surface area (Å²) in [5, 5.41) is 6.88. The van der Waals surface area contributed by atoms with Crippen LogP contribution >= 0.6 is 23.2 Å². The van der Waals surface area contributed by atoms with Crippen LogP contribution in [0.3, 0.4) is 0 Å². The monoisotopic (exact) mass is 589 g/mol. The molecule has 40 heavy (non-hydrogen) atoms. The Balaban J connectivity index is 1.58. The number of fused-ring (bicyclic) bond motifs is 2. The first-order chi connectivity index (χ1) is 18.8. The van der Waals surface area contributed by atoms with Crippen LogP contribution in [0.5, 0.6) is 0 Å². The van der Waals surface area contributed by atoms with Crippen molar-refractivity contribution in [3.8, 4) is 0 Å². The molecule has 3 aliphatic rings. The molecular weight excluding hydrogens is 556 g/mol.